The number of benzene rings is 2. The van der Waals surface area contributed by atoms with Gasteiger partial charge in [-0.25, -0.2) is 0 Å². The van der Waals surface area contributed by atoms with Crippen molar-refractivity contribution >= 4 is 16.7 Å². The Hall–Kier alpha value is -2.35. The number of hydrogen-bond acceptors (Lipinski definition) is 1. The highest BCUT2D eigenvalue weighted by molar-refractivity contribution is 5.97. The molecular weight excluding hydrogens is 270 g/mol. The molecule has 0 N–H and O–H groups in total. The molecule has 0 saturated carbocycles. The minimum atomic E-state index is 0.207. The Morgan fingerprint density at radius 1 is 1.05 bits per heavy atom. The minimum absolute atomic E-state index is 0.207. The second-order valence-electron chi connectivity index (χ2n) is 5.97. The van der Waals surface area contributed by atoms with E-state index >= 15 is 0 Å². The third-order valence-electron chi connectivity index (χ3n) is 4.53. The number of nitrogens with zero attached hydrogens (tertiary/aromatic N) is 1. The predicted octanol–water partition coefficient (Wildman–Crippen LogP) is 4.86. The summed E-state index contributed by atoms with van der Waals surface area (Å²) >= 11 is 0. The van der Waals surface area contributed by atoms with Gasteiger partial charge in [0.25, 0.3) is 0 Å². The summed E-state index contributed by atoms with van der Waals surface area (Å²) in [6, 6.07) is 18.0. The molecule has 1 heterocycles. The monoisotopic (exact) mass is 291 g/mol. The second-order valence-corrected chi connectivity index (χ2v) is 5.97. The first-order valence-corrected chi connectivity index (χ1v) is 7.71. The molecule has 0 saturated heterocycles. The molecule has 2 nitrogen and oxygen atoms in total. The maximum absolute atomic E-state index is 12.5. The lowest BCUT2D eigenvalue weighted by molar-refractivity contribution is 0.0976. The van der Waals surface area contributed by atoms with Crippen LogP contribution < -0.4 is 0 Å². The summed E-state index contributed by atoms with van der Waals surface area (Å²) in [7, 11) is 2.09. The number of fused-ring (bicyclic) bond motifs is 1. The van der Waals surface area contributed by atoms with E-state index in [-0.39, 0.29) is 11.7 Å². The van der Waals surface area contributed by atoms with E-state index in [1.807, 2.05) is 30.3 Å². The highest BCUT2D eigenvalue weighted by Gasteiger charge is 2.20. The Labute approximate surface area is 131 Å². The van der Waals surface area contributed by atoms with Gasteiger partial charge in [-0.2, -0.15) is 0 Å². The fraction of sp³-hybridized carbons (Fsp3) is 0.250. The number of aryl methyl sites for hydroxylation is 1. The molecule has 0 amide bonds. The van der Waals surface area contributed by atoms with E-state index in [1.165, 1.54) is 22.2 Å². The molecule has 2 aromatic carbocycles. The molecule has 1 atom stereocenters. The maximum Gasteiger partial charge on any atom is 0.163 e. The number of rotatable bonds is 4. The predicted molar refractivity (Wildman–Crippen MR) is 91.5 cm³/mol. The smallest absolute Gasteiger partial charge is 0.163 e. The molecule has 0 radical (unpaired) electrons. The topological polar surface area (TPSA) is 22.0 Å². The summed E-state index contributed by atoms with van der Waals surface area (Å²) < 4.78 is 2.22. The fourth-order valence-corrected chi connectivity index (χ4v) is 3.29. The van der Waals surface area contributed by atoms with Gasteiger partial charge >= 0.3 is 0 Å². The summed E-state index contributed by atoms with van der Waals surface area (Å²) in [6.45, 7) is 4.29. The van der Waals surface area contributed by atoms with Gasteiger partial charge in [0.15, 0.2) is 5.78 Å². The van der Waals surface area contributed by atoms with E-state index in [0.717, 1.165) is 5.56 Å². The Morgan fingerprint density at radius 3 is 2.41 bits per heavy atom. The van der Waals surface area contributed by atoms with Crippen molar-refractivity contribution in [2.24, 2.45) is 7.05 Å². The van der Waals surface area contributed by atoms with Crippen molar-refractivity contribution in [3.8, 4) is 0 Å². The highest BCUT2D eigenvalue weighted by atomic mass is 16.1. The number of hydrogen-bond donors (Lipinski definition) is 0. The zero-order valence-corrected chi connectivity index (χ0v) is 13.3. The van der Waals surface area contributed by atoms with Gasteiger partial charge in [-0.15, -0.1) is 0 Å². The summed E-state index contributed by atoms with van der Waals surface area (Å²) in [4.78, 5) is 12.5. The van der Waals surface area contributed by atoms with Crippen LogP contribution in [0.2, 0.25) is 0 Å². The van der Waals surface area contributed by atoms with E-state index in [9.17, 15) is 4.79 Å². The lowest BCUT2D eigenvalue weighted by Crippen LogP contribution is -2.06. The van der Waals surface area contributed by atoms with Crippen LogP contribution in [0.4, 0.5) is 0 Å². The summed E-state index contributed by atoms with van der Waals surface area (Å²) in [5.74, 6) is 0.416. The SMILES string of the molecule is Cc1c(C(C)CC(=O)c2ccccc2)c2ccccc2n1C. The lowest BCUT2D eigenvalue weighted by atomic mass is 9.91. The maximum atomic E-state index is 12.5. The number of Topliss-reactive ketones (excluding diaryl/α,β-unsaturated/α-hetero) is 1. The van der Waals surface area contributed by atoms with Crippen LogP contribution in [0.5, 0.6) is 0 Å². The first-order valence-electron chi connectivity index (χ1n) is 7.71. The van der Waals surface area contributed by atoms with Crippen molar-refractivity contribution in [1.29, 1.82) is 0 Å². The number of carbonyl (C=O) groups is 1. The van der Waals surface area contributed by atoms with Gasteiger partial charge in [-0.3, -0.25) is 4.79 Å². The largest absolute Gasteiger partial charge is 0.348 e. The van der Waals surface area contributed by atoms with Crippen molar-refractivity contribution in [2.75, 3.05) is 0 Å². The van der Waals surface area contributed by atoms with Crippen LogP contribution in [0.15, 0.2) is 54.6 Å². The number of para-hydroxylation sites is 1. The highest BCUT2D eigenvalue weighted by Crippen LogP contribution is 2.33. The Morgan fingerprint density at radius 2 is 1.68 bits per heavy atom. The van der Waals surface area contributed by atoms with Gasteiger partial charge in [0.2, 0.25) is 0 Å². The van der Waals surface area contributed by atoms with Gasteiger partial charge in [0.05, 0.1) is 0 Å². The number of aromatic nitrogens is 1. The van der Waals surface area contributed by atoms with Crippen molar-refractivity contribution in [2.45, 2.75) is 26.2 Å². The van der Waals surface area contributed by atoms with E-state index in [0.29, 0.717) is 6.42 Å². The molecule has 0 bridgehead atoms. The van der Waals surface area contributed by atoms with Crippen molar-refractivity contribution in [3.63, 3.8) is 0 Å². The Balaban J connectivity index is 1.95. The third kappa shape index (κ3) is 2.45. The fourth-order valence-electron chi connectivity index (χ4n) is 3.29. The first kappa shape index (κ1) is 14.6. The molecule has 0 fully saturated rings. The summed E-state index contributed by atoms with van der Waals surface area (Å²) in [6.07, 6.45) is 0.541. The number of carbonyl (C=O) groups excluding carboxylic acids is 1. The zero-order valence-electron chi connectivity index (χ0n) is 13.3. The van der Waals surface area contributed by atoms with E-state index in [1.54, 1.807) is 0 Å². The summed E-state index contributed by atoms with van der Waals surface area (Å²) in [5.41, 5.74) is 4.57. The average molecular weight is 291 g/mol. The van der Waals surface area contributed by atoms with Gasteiger partial charge in [0.1, 0.15) is 0 Å². The Bertz CT molecular complexity index is 814. The lowest BCUT2D eigenvalue weighted by Gasteiger charge is -2.12. The molecule has 0 spiro atoms. The third-order valence-corrected chi connectivity index (χ3v) is 4.53. The van der Waals surface area contributed by atoms with Crippen molar-refractivity contribution in [3.05, 3.63) is 71.4 Å². The van der Waals surface area contributed by atoms with Crippen LogP contribution in [-0.2, 0) is 7.05 Å². The molecule has 0 aliphatic rings. The first-order chi connectivity index (χ1) is 10.6. The van der Waals surface area contributed by atoms with Gasteiger partial charge in [-0.05, 0) is 24.5 Å². The van der Waals surface area contributed by atoms with Crippen LogP contribution in [0.3, 0.4) is 0 Å². The van der Waals surface area contributed by atoms with Crippen LogP contribution in [-0.4, -0.2) is 10.4 Å². The Kier molecular flexibility index (Phi) is 3.84. The second kappa shape index (κ2) is 5.80. The molecule has 3 aromatic rings. The molecule has 1 aromatic heterocycles. The number of ketones is 1. The molecule has 1 unspecified atom stereocenters. The molecule has 112 valence electrons. The van der Waals surface area contributed by atoms with Crippen molar-refractivity contribution < 1.29 is 4.79 Å². The van der Waals surface area contributed by atoms with E-state index in [4.69, 9.17) is 0 Å². The van der Waals surface area contributed by atoms with Crippen LogP contribution >= 0.6 is 0 Å². The molecule has 0 aliphatic heterocycles. The molecule has 3 rings (SSSR count). The standard InChI is InChI=1S/C20H21NO/c1-14(13-19(22)16-9-5-4-6-10-16)20-15(2)21(3)18-12-8-7-11-17(18)20/h4-12,14H,13H2,1-3H3. The van der Waals surface area contributed by atoms with E-state index < -0.39 is 0 Å². The summed E-state index contributed by atoms with van der Waals surface area (Å²) in [5, 5.41) is 1.26. The molecule has 2 heteroatoms. The normalized spacial score (nSPS) is 12.5. The molecule has 22 heavy (non-hydrogen) atoms. The van der Waals surface area contributed by atoms with Crippen LogP contribution in [0.1, 0.15) is 40.9 Å². The van der Waals surface area contributed by atoms with Gasteiger partial charge < -0.3 is 4.57 Å². The van der Waals surface area contributed by atoms with Crippen LogP contribution in [0.25, 0.3) is 10.9 Å². The molecule has 0 aliphatic carbocycles. The quantitative estimate of drug-likeness (QED) is 0.629. The minimum Gasteiger partial charge on any atom is -0.348 e. The van der Waals surface area contributed by atoms with Crippen molar-refractivity contribution in [1.82, 2.24) is 4.57 Å². The van der Waals surface area contributed by atoms with Crippen LogP contribution in [0, 0.1) is 6.92 Å². The zero-order chi connectivity index (χ0) is 15.7. The van der Waals surface area contributed by atoms with Gasteiger partial charge in [-0.1, -0.05) is 55.5 Å². The average Bonchev–Trinajstić information content (AvgIpc) is 2.80. The molecular formula is C20H21NO. The van der Waals surface area contributed by atoms with Gasteiger partial charge in [0, 0.05) is 35.6 Å². The van der Waals surface area contributed by atoms with E-state index in [2.05, 4.69) is 49.7 Å².